The molecule has 2 aromatic rings. The molecule has 0 saturated heterocycles. The van der Waals surface area contributed by atoms with Crippen molar-refractivity contribution in [2.24, 2.45) is 0 Å². The average molecular weight is 243 g/mol. The van der Waals surface area contributed by atoms with Gasteiger partial charge in [-0.2, -0.15) is 0 Å². The van der Waals surface area contributed by atoms with Crippen molar-refractivity contribution < 1.29 is 4.79 Å². The first-order valence-corrected chi connectivity index (χ1v) is 6.58. The van der Waals surface area contributed by atoms with Crippen molar-refractivity contribution in [2.45, 2.75) is 11.3 Å². The van der Waals surface area contributed by atoms with Gasteiger partial charge in [-0.05, 0) is 36.1 Å². The second-order valence-electron chi connectivity index (χ2n) is 3.68. The van der Waals surface area contributed by atoms with Crippen LogP contribution in [0.25, 0.3) is 0 Å². The van der Waals surface area contributed by atoms with E-state index in [0.717, 1.165) is 11.1 Å². The van der Waals surface area contributed by atoms with Crippen LogP contribution in [0.5, 0.6) is 0 Å². The van der Waals surface area contributed by atoms with Gasteiger partial charge in [0.15, 0.2) is 5.78 Å². The van der Waals surface area contributed by atoms with Crippen molar-refractivity contribution >= 4 is 17.5 Å². The number of nitrogens with zero attached hydrogens (tertiary/aromatic N) is 1. The van der Waals surface area contributed by atoms with Crippen LogP contribution in [0.15, 0.2) is 53.7 Å². The molecule has 0 bridgehead atoms. The van der Waals surface area contributed by atoms with Crippen LogP contribution in [0.1, 0.15) is 15.9 Å². The molecule has 0 aliphatic carbocycles. The Bertz CT molecular complexity index is 493. The molecule has 0 atom stereocenters. The SMILES string of the molecule is CSc1ccc(C(=O)Cc2ccncc2)cc1. The van der Waals surface area contributed by atoms with Gasteiger partial charge in [-0.1, -0.05) is 12.1 Å². The fourth-order valence-corrected chi connectivity index (χ4v) is 1.97. The Labute approximate surface area is 105 Å². The summed E-state index contributed by atoms with van der Waals surface area (Å²) in [6, 6.07) is 11.5. The third kappa shape index (κ3) is 3.17. The topological polar surface area (TPSA) is 30.0 Å². The van der Waals surface area contributed by atoms with Crippen molar-refractivity contribution in [1.82, 2.24) is 4.98 Å². The van der Waals surface area contributed by atoms with E-state index in [0.29, 0.717) is 6.42 Å². The predicted octanol–water partition coefficient (Wildman–Crippen LogP) is 3.23. The summed E-state index contributed by atoms with van der Waals surface area (Å²) >= 11 is 1.67. The second kappa shape index (κ2) is 5.64. The third-order valence-corrected chi connectivity index (χ3v) is 3.27. The standard InChI is InChI=1S/C14H13NOS/c1-17-13-4-2-12(3-5-13)14(16)10-11-6-8-15-9-7-11/h2-9H,10H2,1H3. The Morgan fingerprint density at radius 2 is 1.76 bits per heavy atom. The van der Waals surface area contributed by atoms with Gasteiger partial charge in [0.1, 0.15) is 0 Å². The molecule has 0 unspecified atom stereocenters. The highest BCUT2D eigenvalue weighted by Crippen LogP contribution is 2.16. The molecule has 0 aliphatic rings. The van der Waals surface area contributed by atoms with Crippen LogP contribution in [-0.2, 0) is 6.42 Å². The highest BCUT2D eigenvalue weighted by Gasteiger charge is 2.06. The van der Waals surface area contributed by atoms with Crippen LogP contribution in [-0.4, -0.2) is 17.0 Å². The van der Waals surface area contributed by atoms with Crippen molar-refractivity contribution in [2.75, 3.05) is 6.26 Å². The summed E-state index contributed by atoms with van der Waals surface area (Å²) in [7, 11) is 0. The lowest BCUT2D eigenvalue weighted by Gasteiger charge is -2.02. The molecule has 0 N–H and O–H groups in total. The number of Topliss-reactive ketones (excluding diaryl/α,β-unsaturated/α-hetero) is 1. The van der Waals surface area contributed by atoms with Crippen LogP contribution in [0.3, 0.4) is 0 Å². The molecule has 3 heteroatoms. The summed E-state index contributed by atoms with van der Waals surface area (Å²) in [6.45, 7) is 0. The molecule has 17 heavy (non-hydrogen) atoms. The molecule has 1 heterocycles. The summed E-state index contributed by atoms with van der Waals surface area (Å²) in [5, 5.41) is 0. The van der Waals surface area contributed by atoms with E-state index in [1.165, 1.54) is 4.90 Å². The van der Waals surface area contributed by atoms with E-state index in [1.807, 2.05) is 42.7 Å². The monoisotopic (exact) mass is 243 g/mol. The van der Waals surface area contributed by atoms with E-state index in [2.05, 4.69) is 4.98 Å². The Morgan fingerprint density at radius 1 is 1.12 bits per heavy atom. The zero-order valence-corrected chi connectivity index (χ0v) is 10.4. The number of ketones is 1. The van der Waals surface area contributed by atoms with Crippen molar-refractivity contribution in [3.8, 4) is 0 Å². The van der Waals surface area contributed by atoms with Crippen molar-refractivity contribution in [3.05, 3.63) is 59.9 Å². The van der Waals surface area contributed by atoms with E-state index in [1.54, 1.807) is 24.2 Å². The molecule has 0 saturated carbocycles. The first kappa shape index (κ1) is 11.9. The van der Waals surface area contributed by atoms with Gasteiger partial charge >= 0.3 is 0 Å². The maximum absolute atomic E-state index is 12.0. The molecule has 0 spiro atoms. The largest absolute Gasteiger partial charge is 0.294 e. The minimum atomic E-state index is 0.142. The smallest absolute Gasteiger partial charge is 0.167 e. The average Bonchev–Trinajstić information content (AvgIpc) is 2.40. The molecular formula is C14H13NOS. The molecule has 0 radical (unpaired) electrons. The maximum atomic E-state index is 12.0. The third-order valence-electron chi connectivity index (χ3n) is 2.53. The summed E-state index contributed by atoms with van der Waals surface area (Å²) in [5.41, 5.74) is 1.76. The number of thioether (sulfide) groups is 1. The van der Waals surface area contributed by atoms with Crippen LogP contribution in [0.4, 0.5) is 0 Å². The Morgan fingerprint density at radius 3 is 2.35 bits per heavy atom. The van der Waals surface area contributed by atoms with Gasteiger partial charge in [0.25, 0.3) is 0 Å². The van der Waals surface area contributed by atoms with Gasteiger partial charge in [0, 0.05) is 29.3 Å². The highest BCUT2D eigenvalue weighted by molar-refractivity contribution is 7.98. The number of carbonyl (C=O) groups excluding carboxylic acids is 1. The fraction of sp³-hybridized carbons (Fsp3) is 0.143. The molecule has 0 aliphatic heterocycles. The molecule has 0 fully saturated rings. The van der Waals surface area contributed by atoms with E-state index in [9.17, 15) is 4.79 Å². The summed E-state index contributed by atoms with van der Waals surface area (Å²) in [5.74, 6) is 0.142. The van der Waals surface area contributed by atoms with E-state index >= 15 is 0 Å². The minimum absolute atomic E-state index is 0.142. The number of pyridine rings is 1. The number of benzene rings is 1. The first-order chi connectivity index (χ1) is 8.29. The zero-order valence-electron chi connectivity index (χ0n) is 9.59. The lowest BCUT2D eigenvalue weighted by Crippen LogP contribution is -2.03. The Kier molecular flexibility index (Phi) is 3.94. The minimum Gasteiger partial charge on any atom is -0.294 e. The van der Waals surface area contributed by atoms with Gasteiger partial charge in [-0.15, -0.1) is 11.8 Å². The highest BCUT2D eigenvalue weighted by atomic mass is 32.2. The molecule has 0 amide bonds. The molecule has 86 valence electrons. The van der Waals surface area contributed by atoms with E-state index in [4.69, 9.17) is 0 Å². The van der Waals surface area contributed by atoms with Gasteiger partial charge in [-0.25, -0.2) is 0 Å². The first-order valence-electron chi connectivity index (χ1n) is 5.36. The van der Waals surface area contributed by atoms with Crippen LogP contribution >= 0.6 is 11.8 Å². The number of rotatable bonds is 4. The normalized spacial score (nSPS) is 10.2. The Hall–Kier alpha value is -1.61. The molecule has 2 rings (SSSR count). The van der Waals surface area contributed by atoms with E-state index in [-0.39, 0.29) is 5.78 Å². The summed E-state index contributed by atoms with van der Waals surface area (Å²) in [4.78, 5) is 17.1. The predicted molar refractivity (Wildman–Crippen MR) is 70.5 cm³/mol. The number of hydrogen-bond acceptors (Lipinski definition) is 3. The van der Waals surface area contributed by atoms with E-state index < -0.39 is 0 Å². The van der Waals surface area contributed by atoms with Crippen LogP contribution < -0.4 is 0 Å². The summed E-state index contributed by atoms with van der Waals surface area (Å²) < 4.78 is 0. The second-order valence-corrected chi connectivity index (χ2v) is 4.56. The molecular weight excluding hydrogens is 230 g/mol. The van der Waals surface area contributed by atoms with Crippen molar-refractivity contribution in [1.29, 1.82) is 0 Å². The quantitative estimate of drug-likeness (QED) is 0.610. The van der Waals surface area contributed by atoms with Gasteiger partial charge in [-0.3, -0.25) is 9.78 Å². The molecule has 2 nitrogen and oxygen atoms in total. The lowest BCUT2D eigenvalue weighted by molar-refractivity contribution is 0.0993. The fourth-order valence-electron chi connectivity index (χ4n) is 1.57. The zero-order chi connectivity index (χ0) is 12.1. The summed E-state index contributed by atoms with van der Waals surface area (Å²) in [6.07, 6.45) is 5.87. The number of carbonyl (C=O) groups is 1. The number of hydrogen-bond donors (Lipinski definition) is 0. The van der Waals surface area contributed by atoms with Crippen LogP contribution in [0, 0.1) is 0 Å². The van der Waals surface area contributed by atoms with Crippen molar-refractivity contribution in [3.63, 3.8) is 0 Å². The lowest BCUT2D eigenvalue weighted by atomic mass is 10.0. The molecule has 1 aromatic carbocycles. The van der Waals surface area contributed by atoms with Gasteiger partial charge in [0.2, 0.25) is 0 Å². The van der Waals surface area contributed by atoms with Gasteiger partial charge < -0.3 is 0 Å². The molecule has 1 aromatic heterocycles. The van der Waals surface area contributed by atoms with Crippen LogP contribution in [0.2, 0.25) is 0 Å². The van der Waals surface area contributed by atoms with Gasteiger partial charge in [0.05, 0.1) is 0 Å². The number of aromatic nitrogens is 1. The maximum Gasteiger partial charge on any atom is 0.167 e. The Balaban J connectivity index is 2.09.